The predicted octanol–water partition coefficient (Wildman–Crippen LogP) is 3.14. The van der Waals surface area contributed by atoms with Crippen LogP contribution in [0.5, 0.6) is 0 Å². The molecule has 0 heterocycles. The van der Waals surface area contributed by atoms with E-state index in [1.807, 2.05) is 24.3 Å². The zero-order valence-electron chi connectivity index (χ0n) is 6.96. The second-order valence-corrected chi connectivity index (χ2v) is 3.77. The molecule has 0 bridgehead atoms. The lowest BCUT2D eigenvalue weighted by atomic mass is 9.99. The van der Waals surface area contributed by atoms with Gasteiger partial charge in [0.25, 0.3) is 0 Å². The van der Waals surface area contributed by atoms with Crippen molar-refractivity contribution in [2.45, 2.75) is 19.3 Å². The molecule has 1 rings (SSSR count). The molecule has 12 heavy (non-hydrogen) atoms. The van der Waals surface area contributed by atoms with Gasteiger partial charge >= 0.3 is 0 Å². The van der Waals surface area contributed by atoms with Gasteiger partial charge in [0, 0.05) is 10.9 Å². The molecule has 1 atom stereocenters. The van der Waals surface area contributed by atoms with Gasteiger partial charge in [0.1, 0.15) is 6.29 Å². The maximum absolute atomic E-state index is 10.2. The van der Waals surface area contributed by atoms with Gasteiger partial charge in [-0.05, 0) is 23.6 Å². The molecule has 0 saturated carbocycles. The largest absolute Gasteiger partial charge is 0.303 e. The van der Waals surface area contributed by atoms with Crippen molar-refractivity contribution in [2.24, 2.45) is 0 Å². The SMILES string of the molecule is C[C@H](CC=O)c1ccc(Br)cc1. The summed E-state index contributed by atoms with van der Waals surface area (Å²) in [6, 6.07) is 8.07. The van der Waals surface area contributed by atoms with Crippen molar-refractivity contribution in [1.29, 1.82) is 0 Å². The zero-order chi connectivity index (χ0) is 8.97. The summed E-state index contributed by atoms with van der Waals surface area (Å²) in [5.41, 5.74) is 1.21. The smallest absolute Gasteiger partial charge is 0.120 e. The van der Waals surface area contributed by atoms with Crippen molar-refractivity contribution < 1.29 is 4.79 Å². The van der Waals surface area contributed by atoms with E-state index < -0.39 is 0 Å². The monoisotopic (exact) mass is 226 g/mol. The molecule has 0 aliphatic carbocycles. The quantitative estimate of drug-likeness (QED) is 0.725. The summed E-state index contributed by atoms with van der Waals surface area (Å²) in [5.74, 6) is 0.329. The van der Waals surface area contributed by atoms with Crippen LogP contribution in [0.25, 0.3) is 0 Å². The maximum Gasteiger partial charge on any atom is 0.120 e. The minimum Gasteiger partial charge on any atom is -0.303 e. The first-order valence-corrected chi connectivity index (χ1v) is 4.72. The Morgan fingerprint density at radius 2 is 2.00 bits per heavy atom. The van der Waals surface area contributed by atoms with Gasteiger partial charge in [-0.3, -0.25) is 0 Å². The van der Waals surface area contributed by atoms with Gasteiger partial charge in [0.05, 0.1) is 0 Å². The van der Waals surface area contributed by atoms with Crippen molar-refractivity contribution >= 4 is 22.2 Å². The van der Waals surface area contributed by atoms with Crippen LogP contribution in [0.1, 0.15) is 24.8 Å². The second kappa shape index (κ2) is 4.41. The van der Waals surface area contributed by atoms with Crippen LogP contribution in [0.15, 0.2) is 28.7 Å². The molecule has 1 aromatic carbocycles. The molecule has 0 fully saturated rings. The van der Waals surface area contributed by atoms with E-state index in [1.54, 1.807) is 0 Å². The summed E-state index contributed by atoms with van der Waals surface area (Å²) in [5, 5.41) is 0. The number of carbonyl (C=O) groups is 1. The lowest BCUT2D eigenvalue weighted by Crippen LogP contribution is -1.93. The Hall–Kier alpha value is -0.630. The third kappa shape index (κ3) is 2.45. The van der Waals surface area contributed by atoms with E-state index in [0.717, 1.165) is 10.8 Å². The standard InChI is InChI=1S/C10H11BrO/c1-8(6-7-12)9-2-4-10(11)5-3-9/h2-5,7-8H,6H2,1H3/t8-/m1/s1. The van der Waals surface area contributed by atoms with Gasteiger partial charge < -0.3 is 4.79 Å². The van der Waals surface area contributed by atoms with Crippen molar-refractivity contribution in [3.05, 3.63) is 34.3 Å². The number of halogens is 1. The Balaban J connectivity index is 2.74. The first-order chi connectivity index (χ1) is 5.74. The van der Waals surface area contributed by atoms with Crippen LogP contribution < -0.4 is 0 Å². The lowest BCUT2D eigenvalue weighted by molar-refractivity contribution is -0.108. The molecule has 0 aromatic heterocycles. The Morgan fingerprint density at radius 3 is 2.50 bits per heavy atom. The molecular weight excluding hydrogens is 216 g/mol. The van der Waals surface area contributed by atoms with Gasteiger partial charge in [-0.1, -0.05) is 35.0 Å². The Morgan fingerprint density at radius 1 is 1.42 bits per heavy atom. The normalized spacial score (nSPS) is 12.5. The Kier molecular flexibility index (Phi) is 3.48. The van der Waals surface area contributed by atoms with Crippen LogP contribution in [-0.2, 0) is 4.79 Å². The van der Waals surface area contributed by atoms with E-state index >= 15 is 0 Å². The summed E-state index contributed by atoms with van der Waals surface area (Å²) >= 11 is 3.36. The van der Waals surface area contributed by atoms with Crippen LogP contribution in [-0.4, -0.2) is 6.29 Å². The van der Waals surface area contributed by atoms with E-state index in [-0.39, 0.29) is 0 Å². The zero-order valence-corrected chi connectivity index (χ0v) is 8.54. The van der Waals surface area contributed by atoms with Crippen molar-refractivity contribution in [3.8, 4) is 0 Å². The highest BCUT2D eigenvalue weighted by atomic mass is 79.9. The second-order valence-electron chi connectivity index (χ2n) is 2.85. The fourth-order valence-electron chi connectivity index (χ4n) is 1.07. The fraction of sp³-hybridized carbons (Fsp3) is 0.300. The number of aldehydes is 1. The molecule has 0 radical (unpaired) electrons. The number of rotatable bonds is 3. The fourth-order valence-corrected chi connectivity index (χ4v) is 1.34. The average molecular weight is 227 g/mol. The first-order valence-electron chi connectivity index (χ1n) is 3.93. The first kappa shape index (κ1) is 9.46. The van der Waals surface area contributed by atoms with Gasteiger partial charge in [0.15, 0.2) is 0 Å². The summed E-state index contributed by atoms with van der Waals surface area (Å²) in [6.07, 6.45) is 1.56. The lowest BCUT2D eigenvalue weighted by Gasteiger charge is -2.07. The van der Waals surface area contributed by atoms with Crippen LogP contribution in [0.3, 0.4) is 0 Å². The molecule has 0 amide bonds. The Labute approximate surface area is 80.9 Å². The highest BCUT2D eigenvalue weighted by Crippen LogP contribution is 2.19. The average Bonchev–Trinajstić information content (AvgIpc) is 2.06. The summed E-state index contributed by atoms with van der Waals surface area (Å²) in [4.78, 5) is 10.2. The van der Waals surface area contributed by atoms with E-state index in [0.29, 0.717) is 12.3 Å². The number of hydrogen-bond donors (Lipinski definition) is 0. The predicted molar refractivity (Wildman–Crippen MR) is 53.2 cm³/mol. The molecule has 0 aliphatic heterocycles. The van der Waals surface area contributed by atoms with Gasteiger partial charge in [0.2, 0.25) is 0 Å². The highest BCUT2D eigenvalue weighted by molar-refractivity contribution is 9.10. The molecule has 2 heteroatoms. The third-order valence-electron chi connectivity index (χ3n) is 1.89. The molecule has 0 N–H and O–H groups in total. The molecule has 0 saturated heterocycles. The third-order valence-corrected chi connectivity index (χ3v) is 2.42. The molecule has 0 aliphatic rings. The Bertz CT molecular complexity index is 253. The molecular formula is C10H11BrO. The van der Waals surface area contributed by atoms with Gasteiger partial charge in [-0.25, -0.2) is 0 Å². The molecule has 0 unspecified atom stereocenters. The molecule has 64 valence electrons. The summed E-state index contributed by atoms with van der Waals surface area (Å²) in [7, 11) is 0. The van der Waals surface area contributed by atoms with Crippen LogP contribution in [0.4, 0.5) is 0 Å². The van der Waals surface area contributed by atoms with Crippen LogP contribution in [0.2, 0.25) is 0 Å². The number of hydrogen-bond acceptors (Lipinski definition) is 1. The number of benzene rings is 1. The molecule has 1 nitrogen and oxygen atoms in total. The maximum atomic E-state index is 10.2. The summed E-state index contributed by atoms with van der Waals surface area (Å²) in [6.45, 7) is 2.05. The van der Waals surface area contributed by atoms with Crippen LogP contribution in [0, 0.1) is 0 Å². The van der Waals surface area contributed by atoms with Crippen molar-refractivity contribution in [2.75, 3.05) is 0 Å². The van der Waals surface area contributed by atoms with Crippen LogP contribution >= 0.6 is 15.9 Å². The summed E-state index contributed by atoms with van der Waals surface area (Å²) < 4.78 is 1.07. The van der Waals surface area contributed by atoms with Crippen molar-refractivity contribution in [1.82, 2.24) is 0 Å². The highest BCUT2D eigenvalue weighted by Gasteiger charge is 2.03. The van der Waals surface area contributed by atoms with E-state index in [2.05, 4.69) is 22.9 Å². The molecule has 1 aromatic rings. The van der Waals surface area contributed by atoms with Crippen molar-refractivity contribution in [3.63, 3.8) is 0 Å². The van der Waals surface area contributed by atoms with E-state index in [4.69, 9.17) is 0 Å². The topological polar surface area (TPSA) is 17.1 Å². The van der Waals surface area contributed by atoms with E-state index in [1.165, 1.54) is 5.56 Å². The minimum absolute atomic E-state index is 0.329. The number of carbonyl (C=O) groups excluding carboxylic acids is 1. The van der Waals surface area contributed by atoms with Gasteiger partial charge in [-0.2, -0.15) is 0 Å². The molecule has 0 spiro atoms. The van der Waals surface area contributed by atoms with E-state index in [9.17, 15) is 4.79 Å². The van der Waals surface area contributed by atoms with Gasteiger partial charge in [-0.15, -0.1) is 0 Å². The minimum atomic E-state index is 0.329.